The van der Waals surface area contributed by atoms with Crippen LogP contribution in [0, 0.1) is 5.41 Å². The quantitative estimate of drug-likeness (QED) is 0.701. The molecule has 3 aliphatic rings. The van der Waals surface area contributed by atoms with E-state index in [1.165, 1.54) is 5.56 Å². The van der Waals surface area contributed by atoms with Gasteiger partial charge in [0.15, 0.2) is 0 Å². The van der Waals surface area contributed by atoms with Gasteiger partial charge in [0.05, 0.1) is 25.9 Å². The summed E-state index contributed by atoms with van der Waals surface area (Å²) in [7, 11) is 0. The zero-order chi connectivity index (χ0) is 22.0. The van der Waals surface area contributed by atoms with Crippen LogP contribution in [0.25, 0.3) is 0 Å². The van der Waals surface area contributed by atoms with Gasteiger partial charge in [-0.3, -0.25) is 4.79 Å². The highest BCUT2D eigenvalue weighted by atomic mass is 35.5. The van der Waals surface area contributed by atoms with Crippen molar-refractivity contribution >= 4 is 23.3 Å². The summed E-state index contributed by atoms with van der Waals surface area (Å²) in [6.07, 6.45) is 5.97. The fraction of sp³-hybridized carbons (Fsp3) is 0.520. The average Bonchev–Trinajstić information content (AvgIpc) is 3.23. The van der Waals surface area contributed by atoms with Crippen LogP contribution in [0.3, 0.4) is 0 Å². The molecule has 7 heteroatoms. The minimum absolute atomic E-state index is 0.105. The summed E-state index contributed by atoms with van der Waals surface area (Å²) in [6, 6.07) is 11.8. The monoisotopic (exact) mass is 455 g/mol. The third kappa shape index (κ3) is 4.77. The van der Waals surface area contributed by atoms with E-state index >= 15 is 0 Å². The first kappa shape index (κ1) is 21.7. The standard InChI is InChI=1S/C25H30ClN3O3/c26-21-3-1-19(2-4-21)15-22-17-25(18-32-22)6-9-29(10-7-25)24(30)20-5-8-27-23(16-20)28-11-13-31-14-12-28/h1-5,8,16,22H,6-7,9-15,17-18H2. The van der Waals surface area contributed by atoms with Crippen LogP contribution in [0.5, 0.6) is 0 Å². The SMILES string of the molecule is O=C(c1ccnc(N2CCOCC2)c1)N1CCC2(CC1)COC(Cc1ccc(Cl)cc1)C2. The lowest BCUT2D eigenvalue weighted by Crippen LogP contribution is -2.43. The van der Waals surface area contributed by atoms with E-state index in [-0.39, 0.29) is 17.4 Å². The average molecular weight is 456 g/mol. The van der Waals surface area contributed by atoms with E-state index in [2.05, 4.69) is 22.0 Å². The van der Waals surface area contributed by atoms with Gasteiger partial charge >= 0.3 is 0 Å². The van der Waals surface area contributed by atoms with Crippen molar-refractivity contribution in [1.82, 2.24) is 9.88 Å². The van der Waals surface area contributed by atoms with Crippen molar-refractivity contribution < 1.29 is 14.3 Å². The lowest BCUT2D eigenvalue weighted by molar-refractivity contribution is 0.0496. The highest BCUT2D eigenvalue weighted by molar-refractivity contribution is 6.30. The minimum Gasteiger partial charge on any atom is -0.378 e. The van der Waals surface area contributed by atoms with E-state index in [4.69, 9.17) is 21.1 Å². The van der Waals surface area contributed by atoms with Crippen molar-refractivity contribution in [2.75, 3.05) is 50.9 Å². The molecule has 0 bridgehead atoms. The molecule has 2 aromatic rings. The fourth-order valence-corrected chi connectivity index (χ4v) is 5.27. The number of ether oxygens (including phenoxy) is 2. The number of amides is 1. The molecule has 1 aromatic heterocycles. The van der Waals surface area contributed by atoms with Crippen LogP contribution in [0.1, 0.15) is 35.2 Å². The molecule has 3 fully saturated rings. The molecule has 1 unspecified atom stereocenters. The number of anilines is 1. The highest BCUT2D eigenvalue weighted by Crippen LogP contribution is 2.43. The van der Waals surface area contributed by atoms with Gasteiger partial charge in [-0.2, -0.15) is 0 Å². The molecular formula is C25H30ClN3O3. The van der Waals surface area contributed by atoms with E-state index in [9.17, 15) is 4.79 Å². The molecule has 6 nitrogen and oxygen atoms in total. The lowest BCUT2D eigenvalue weighted by atomic mass is 9.76. The summed E-state index contributed by atoms with van der Waals surface area (Å²) in [4.78, 5) is 21.8. The minimum atomic E-state index is 0.105. The summed E-state index contributed by atoms with van der Waals surface area (Å²) in [5.74, 6) is 0.968. The van der Waals surface area contributed by atoms with E-state index in [1.54, 1.807) is 6.20 Å². The number of aromatic nitrogens is 1. The van der Waals surface area contributed by atoms with Crippen molar-refractivity contribution in [2.45, 2.75) is 31.8 Å². The molecule has 1 amide bonds. The molecule has 0 N–H and O–H groups in total. The van der Waals surface area contributed by atoms with E-state index in [0.717, 1.165) is 74.9 Å². The number of benzene rings is 1. The maximum Gasteiger partial charge on any atom is 0.254 e. The molecule has 5 rings (SSSR count). The van der Waals surface area contributed by atoms with E-state index < -0.39 is 0 Å². The second-order valence-corrected chi connectivity index (χ2v) is 9.70. The first-order valence-corrected chi connectivity index (χ1v) is 11.9. The van der Waals surface area contributed by atoms with Crippen LogP contribution in [0.15, 0.2) is 42.6 Å². The molecule has 3 aliphatic heterocycles. The summed E-state index contributed by atoms with van der Waals surface area (Å²) in [6.45, 7) is 5.40. The normalized spacial score (nSPS) is 23.0. The van der Waals surface area contributed by atoms with Crippen molar-refractivity contribution in [3.63, 3.8) is 0 Å². The summed E-state index contributed by atoms with van der Waals surface area (Å²) >= 11 is 6.00. The number of carbonyl (C=O) groups excluding carboxylic acids is 1. The molecule has 0 radical (unpaired) electrons. The predicted molar refractivity (Wildman–Crippen MR) is 124 cm³/mol. The Morgan fingerprint density at radius 3 is 2.59 bits per heavy atom. The number of likely N-dealkylation sites (tertiary alicyclic amines) is 1. The van der Waals surface area contributed by atoms with Gasteiger partial charge in [-0.05, 0) is 60.9 Å². The summed E-state index contributed by atoms with van der Waals surface area (Å²) < 4.78 is 11.6. The van der Waals surface area contributed by atoms with Crippen LogP contribution in [-0.4, -0.2) is 67.9 Å². The topological polar surface area (TPSA) is 54.9 Å². The predicted octanol–water partition coefficient (Wildman–Crippen LogP) is 3.83. The Kier molecular flexibility index (Phi) is 6.35. The molecule has 0 saturated carbocycles. The maximum atomic E-state index is 13.2. The first-order valence-electron chi connectivity index (χ1n) is 11.5. The number of nitrogens with zero attached hydrogens (tertiary/aromatic N) is 3. The van der Waals surface area contributed by atoms with Gasteiger partial charge in [-0.1, -0.05) is 23.7 Å². The zero-order valence-electron chi connectivity index (χ0n) is 18.3. The van der Waals surface area contributed by atoms with Crippen molar-refractivity contribution in [3.8, 4) is 0 Å². The second-order valence-electron chi connectivity index (χ2n) is 9.26. The van der Waals surface area contributed by atoms with E-state index in [1.807, 2.05) is 29.2 Å². The summed E-state index contributed by atoms with van der Waals surface area (Å²) in [5, 5.41) is 0.765. The van der Waals surface area contributed by atoms with Crippen LogP contribution in [0.2, 0.25) is 5.02 Å². The zero-order valence-corrected chi connectivity index (χ0v) is 19.1. The molecule has 3 saturated heterocycles. The molecule has 1 atom stereocenters. The van der Waals surface area contributed by atoms with Gasteiger partial charge in [-0.25, -0.2) is 4.98 Å². The number of piperidine rings is 1. The van der Waals surface area contributed by atoms with Crippen LogP contribution < -0.4 is 4.90 Å². The Hall–Kier alpha value is -2.15. The van der Waals surface area contributed by atoms with Crippen molar-refractivity contribution in [1.29, 1.82) is 0 Å². The molecule has 0 aliphatic carbocycles. The van der Waals surface area contributed by atoms with Crippen LogP contribution in [-0.2, 0) is 15.9 Å². The Balaban J connectivity index is 1.17. The Bertz CT molecular complexity index is 938. The third-order valence-corrected chi connectivity index (χ3v) is 7.35. The first-order chi connectivity index (χ1) is 15.6. The number of pyridine rings is 1. The van der Waals surface area contributed by atoms with Crippen molar-refractivity contribution in [2.24, 2.45) is 5.41 Å². The number of carbonyl (C=O) groups is 1. The lowest BCUT2D eigenvalue weighted by Gasteiger charge is -2.38. The second kappa shape index (κ2) is 9.38. The Morgan fingerprint density at radius 1 is 1.09 bits per heavy atom. The van der Waals surface area contributed by atoms with Gasteiger partial charge in [-0.15, -0.1) is 0 Å². The van der Waals surface area contributed by atoms with Gasteiger partial charge in [0.2, 0.25) is 0 Å². The van der Waals surface area contributed by atoms with Gasteiger partial charge in [0, 0.05) is 43.0 Å². The van der Waals surface area contributed by atoms with Gasteiger partial charge < -0.3 is 19.3 Å². The molecule has 32 heavy (non-hydrogen) atoms. The van der Waals surface area contributed by atoms with Crippen LogP contribution >= 0.6 is 11.6 Å². The van der Waals surface area contributed by atoms with Gasteiger partial charge in [0.1, 0.15) is 5.82 Å². The number of morpholine rings is 1. The largest absolute Gasteiger partial charge is 0.378 e. The number of hydrogen-bond acceptors (Lipinski definition) is 5. The number of halogens is 1. The smallest absolute Gasteiger partial charge is 0.254 e. The maximum absolute atomic E-state index is 13.2. The molecule has 170 valence electrons. The Labute approximate surface area is 194 Å². The molecular weight excluding hydrogens is 426 g/mol. The van der Waals surface area contributed by atoms with Gasteiger partial charge in [0.25, 0.3) is 5.91 Å². The van der Waals surface area contributed by atoms with Crippen LogP contribution in [0.4, 0.5) is 5.82 Å². The third-order valence-electron chi connectivity index (χ3n) is 7.10. The summed E-state index contributed by atoms with van der Waals surface area (Å²) in [5.41, 5.74) is 2.18. The number of rotatable bonds is 4. The Morgan fingerprint density at radius 2 is 1.84 bits per heavy atom. The fourth-order valence-electron chi connectivity index (χ4n) is 5.14. The molecule has 4 heterocycles. The van der Waals surface area contributed by atoms with Crippen molar-refractivity contribution in [3.05, 3.63) is 58.7 Å². The molecule has 1 spiro atoms. The number of hydrogen-bond donors (Lipinski definition) is 0. The highest BCUT2D eigenvalue weighted by Gasteiger charge is 2.43. The van der Waals surface area contributed by atoms with E-state index in [0.29, 0.717) is 13.2 Å². The molecule has 1 aromatic carbocycles.